The Morgan fingerprint density at radius 1 is 1.13 bits per heavy atom. The molecule has 118 valence electrons. The summed E-state index contributed by atoms with van der Waals surface area (Å²) in [7, 11) is -3.66. The fourth-order valence-corrected chi connectivity index (χ4v) is 3.87. The van der Waals surface area contributed by atoms with E-state index in [-0.39, 0.29) is 4.90 Å². The van der Waals surface area contributed by atoms with Crippen molar-refractivity contribution in [2.45, 2.75) is 18.2 Å². The number of aryl methyl sites for hydroxylation is 1. The number of fused-ring (bicyclic) bond motifs is 1. The van der Waals surface area contributed by atoms with E-state index in [1.807, 2.05) is 37.3 Å². The van der Waals surface area contributed by atoms with Crippen molar-refractivity contribution in [2.24, 2.45) is 0 Å². The number of halogens is 1. The minimum Gasteiger partial charge on any atom is -0.277 e. The number of nitrogens with one attached hydrogen (secondary N) is 1. The van der Waals surface area contributed by atoms with Gasteiger partial charge in [0.2, 0.25) is 0 Å². The van der Waals surface area contributed by atoms with Crippen LogP contribution >= 0.6 is 15.9 Å². The minimum atomic E-state index is -3.66. The first-order valence-electron chi connectivity index (χ1n) is 7.15. The van der Waals surface area contributed by atoms with Crippen molar-refractivity contribution in [3.8, 4) is 0 Å². The van der Waals surface area contributed by atoms with Crippen molar-refractivity contribution in [2.75, 3.05) is 4.72 Å². The summed E-state index contributed by atoms with van der Waals surface area (Å²) >= 11 is 3.40. The number of aromatic nitrogens is 1. The highest BCUT2D eigenvalue weighted by atomic mass is 79.9. The average Bonchev–Trinajstić information content (AvgIpc) is 2.54. The zero-order valence-electron chi connectivity index (χ0n) is 12.5. The fourth-order valence-electron chi connectivity index (χ4n) is 2.34. The molecule has 23 heavy (non-hydrogen) atoms. The van der Waals surface area contributed by atoms with Gasteiger partial charge in [0.25, 0.3) is 10.0 Å². The Hall–Kier alpha value is -1.92. The van der Waals surface area contributed by atoms with E-state index in [0.717, 1.165) is 21.8 Å². The second-order valence-corrected chi connectivity index (χ2v) is 7.73. The van der Waals surface area contributed by atoms with E-state index < -0.39 is 10.0 Å². The maximum atomic E-state index is 12.6. The Morgan fingerprint density at radius 2 is 1.87 bits per heavy atom. The van der Waals surface area contributed by atoms with Gasteiger partial charge in [-0.1, -0.05) is 41.1 Å². The molecule has 0 saturated carbocycles. The Kier molecular flexibility index (Phi) is 4.37. The third kappa shape index (κ3) is 3.38. The molecular formula is C17H15BrN2O2S. The molecule has 0 radical (unpaired) electrons. The van der Waals surface area contributed by atoms with Crippen LogP contribution in [0, 0.1) is 0 Å². The molecule has 3 aromatic rings. The predicted molar refractivity (Wildman–Crippen MR) is 96.1 cm³/mol. The molecule has 4 nitrogen and oxygen atoms in total. The van der Waals surface area contributed by atoms with Gasteiger partial charge in [0, 0.05) is 16.1 Å². The quantitative estimate of drug-likeness (QED) is 0.719. The zero-order valence-corrected chi connectivity index (χ0v) is 14.9. The first-order chi connectivity index (χ1) is 11.0. The second-order valence-electron chi connectivity index (χ2n) is 5.13. The lowest BCUT2D eigenvalue weighted by molar-refractivity contribution is 0.601. The summed E-state index contributed by atoms with van der Waals surface area (Å²) in [6.45, 7) is 2.03. The van der Waals surface area contributed by atoms with Crippen molar-refractivity contribution in [1.82, 2.24) is 4.98 Å². The second kappa shape index (κ2) is 6.29. The number of anilines is 1. The number of hydrogen-bond donors (Lipinski definition) is 1. The van der Waals surface area contributed by atoms with Crippen LogP contribution in [-0.2, 0) is 16.4 Å². The van der Waals surface area contributed by atoms with Gasteiger partial charge in [-0.3, -0.25) is 9.71 Å². The molecule has 0 aliphatic heterocycles. The zero-order chi connectivity index (χ0) is 16.4. The highest BCUT2D eigenvalue weighted by Crippen LogP contribution is 2.28. The summed E-state index contributed by atoms with van der Waals surface area (Å²) in [5.74, 6) is 0. The van der Waals surface area contributed by atoms with E-state index in [4.69, 9.17) is 0 Å². The molecular weight excluding hydrogens is 376 g/mol. The molecule has 3 rings (SSSR count). The summed E-state index contributed by atoms with van der Waals surface area (Å²) in [5, 5.41) is 0.862. The molecule has 1 N–H and O–H groups in total. The smallest absolute Gasteiger partial charge is 0.261 e. The Balaban J connectivity index is 2.03. The van der Waals surface area contributed by atoms with Gasteiger partial charge in [0.05, 0.1) is 16.1 Å². The monoisotopic (exact) mass is 390 g/mol. The molecule has 0 amide bonds. The van der Waals surface area contributed by atoms with E-state index in [9.17, 15) is 8.42 Å². The standard InChI is InChI=1S/C17H15BrN2O2S/c1-2-12-5-7-15(8-6-12)23(21,22)20-16-11-14(18)10-13-4-3-9-19-17(13)16/h3-11,20H,2H2,1H3. The van der Waals surface area contributed by atoms with Crippen LogP contribution < -0.4 is 4.72 Å². The summed E-state index contributed by atoms with van der Waals surface area (Å²) < 4.78 is 28.6. The molecule has 0 aliphatic carbocycles. The van der Waals surface area contributed by atoms with Crippen molar-refractivity contribution in [1.29, 1.82) is 0 Å². The molecule has 0 spiro atoms. The van der Waals surface area contributed by atoms with Crippen LogP contribution in [0.5, 0.6) is 0 Å². The summed E-state index contributed by atoms with van der Waals surface area (Å²) in [6, 6.07) is 14.2. The third-order valence-electron chi connectivity index (χ3n) is 3.56. The third-order valence-corrected chi connectivity index (χ3v) is 5.40. The Morgan fingerprint density at radius 3 is 2.57 bits per heavy atom. The molecule has 0 bridgehead atoms. The Bertz CT molecular complexity index is 954. The summed E-state index contributed by atoms with van der Waals surface area (Å²) in [5.41, 5.74) is 2.16. The molecule has 2 aromatic carbocycles. The average molecular weight is 391 g/mol. The van der Waals surface area contributed by atoms with Crippen LogP contribution in [0.3, 0.4) is 0 Å². The van der Waals surface area contributed by atoms with Crippen LogP contribution in [0.2, 0.25) is 0 Å². The number of benzene rings is 2. The van der Waals surface area contributed by atoms with Crippen molar-refractivity contribution in [3.63, 3.8) is 0 Å². The van der Waals surface area contributed by atoms with Gasteiger partial charge in [-0.25, -0.2) is 8.42 Å². The normalized spacial score (nSPS) is 11.6. The maximum Gasteiger partial charge on any atom is 0.261 e. The number of pyridine rings is 1. The van der Waals surface area contributed by atoms with Crippen molar-refractivity contribution < 1.29 is 8.42 Å². The van der Waals surface area contributed by atoms with Crippen LogP contribution in [0.1, 0.15) is 12.5 Å². The molecule has 1 heterocycles. The largest absolute Gasteiger partial charge is 0.277 e. The van der Waals surface area contributed by atoms with E-state index in [1.165, 1.54) is 0 Å². The van der Waals surface area contributed by atoms with Crippen molar-refractivity contribution in [3.05, 3.63) is 64.8 Å². The van der Waals surface area contributed by atoms with Gasteiger partial charge in [0.1, 0.15) is 0 Å². The van der Waals surface area contributed by atoms with E-state index in [1.54, 1.807) is 24.4 Å². The van der Waals surface area contributed by atoms with Crippen LogP contribution in [0.25, 0.3) is 10.9 Å². The molecule has 0 fully saturated rings. The fraction of sp³-hybridized carbons (Fsp3) is 0.118. The SMILES string of the molecule is CCc1ccc(S(=O)(=O)Nc2cc(Br)cc3cccnc23)cc1. The molecule has 1 aromatic heterocycles. The van der Waals surface area contributed by atoms with Gasteiger partial charge in [0.15, 0.2) is 0 Å². The number of hydrogen-bond acceptors (Lipinski definition) is 3. The van der Waals surface area contributed by atoms with Gasteiger partial charge >= 0.3 is 0 Å². The molecule has 0 aliphatic rings. The van der Waals surface area contributed by atoms with Gasteiger partial charge in [-0.2, -0.15) is 0 Å². The van der Waals surface area contributed by atoms with Crippen LogP contribution in [0.15, 0.2) is 64.1 Å². The van der Waals surface area contributed by atoms with E-state index in [2.05, 4.69) is 25.6 Å². The summed E-state index contributed by atoms with van der Waals surface area (Å²) in [4.78, 5) is 4.51. The highest BCUT2D eigenvalue weighted by Gasteiger charge is 2.16. The lowest BCUT2D eigenvalue weighted by Gasteiger charge is -2.11. The molecule has 6 heteroatoms. The van der Waals surface area contributed by atoms with Crippen LogP contribution in [-0.4, -0.2) is 13.4 Å². The minimum absolute atomic E-state index is 0.235. The van der Waals surface area contributed by atoms with E-state index >= 15 is 0 Å². The van der Waals surface area contributed by atoms with Gasteiger partial charge in [-0.15, -0.1) is 0 Å². The first kappa shape index (κ1) is 16.0. The number of rotatable bonds is 4. The molecule has 0 unspecified atom stereocenters. The van der Waals surface area contributed by atoms with Gasteiger partial charge in [-0.05, 0) is 42.3 Å². The van der Waals surface area contributed by atoms with Crippen LogP contribution in [0.4, 0.5) is 5.69 Å². The number of nitrogens with zero attached hydrogens (tertiary/aromatic N) is 1. The van der Waals surface area contributed by atoms with Crippen molar-refractivity contribution >= 4 is 42.5 Å². The molecule has 0 atom stereocenters. The predicted octanol–water partition coefficient (Wildman–Crippen LogP) is 4.36. The highest BCUT2D eigenvalue weighted by molar-refractivity contribution is 9.10. The lowest BCUT2D eigenvalue weighted by atomic mass is 10.2. The lowest BCUT2D eigenvalue weighted by Crippen LogP contribution is -2.13. The van der Waals surface area contributed by atoms with Gasteiger partial charge < -0.3 is 0 Å². The number of sulfonamides is 1. The van der Waals surface area contributed by atoms with E-state index in [0.29, 0.717) is 11.2 Å². The maximum absolute atomic E-state index is 12.6. The molecule has 0 saturated heterocycles. The summed E-state index contributed by atoms with van der Waals surface area (Å²) in [6.07, 6.45) is 2.51. The topological polar surface area (TPSA) is 59.1 Å². The Labute approximate surface area is 143 Å². The first-order valence-corrected chi connectivity index (χ1v) is 9.43.